The van der Waals surface area contributed by atoms with Crippen molar-refractivity contribution >= 4 is 46.2 Å². The quantitative estimate of drug-likeness (QED) is 0.124. The number of allylic oxidation sites excluding steroid dienone is 5. The number of nitrogens with zero attached hydrogens (tertiary/aromatic N) is 1. The number of hydrogen-bond donors (Lipinski definition) is 4. The van der Waals surface area contributed by atoms with E-state index in [1.54, 1.807) is 39.8 Å². The molecular weight excluding hydrogens is 747 g/mol. The minimum atomic E-state index is -4.61. The van der Waals surface area contributed by atoms with Gasteiger partial charge >= 0.3 is 0 Å². The molecule has 0 amide bonds. The van der Waals surface area contributed by atoms with E-state index in [-0.39, 0.29) is 48.6 Å². The lowest BCUT2D eigenvalue weighted by Crippen LogP contribution is -2.31. The number of rotatable bonds is 17. The first-order valence-corrected chi connectivity index (χ1v) is 21.8. The van der Waals surface area contributed by atoms with Gasteiger partial charge in [0.25, 0.3) is 40.5 Å². The molecule has 0 aliphatic carbocycles. The molecule has 0 bridgehead atoms. The van der Waals surface area contributed by atoms with Crippen LogP contribution in [0.2, 0.25) is 0 Å². The van der Waals surface area contributed by atoms with Gasteiger partial charge in [-0.25, -0.2) is 0 Å². The van der Waals surface area contributed by atoms with Gasteiger partial charge in [0.15, 0.2) is 0 Å². The number of ether oxygens (including phenoxy) is 1. The van der Waals surface area contributed by atoms with Crippen molar-refractivity contribution in [3.63, 3.8) is 0 Å². The van der Waals surface area contributed by atoms with E-state index in [2.05, 4.69) is 6.58 Å². The lowest BCUT2D eigenvalue weighted by atomic mass is 9.71. The van der Waals surface area contributed by atoms with Gasteiger partial charge in [0, 0.05) is 35.9 Å². The van der Waals surface area contributed by atoms with E-state index < -0.39 is 62.8 Å². The van der Waals surface area contributed by atoms with Gasteiger partial charge in [0.1, 0.15) is 0 Å². The average Bonchev–Trinajstić information content (AvgIpc) is 3.19. The van der Waals surface area contributed by atoms with Crippen molar-refractivity contribution < 1.29 is 56.6 Å². The van der Waals surface area contributed by atoms with E-state index in [9.17, 15) is 51.9 Å². The van der Waals surface area contributed by atoms with Crippen molar-refractivity contribution in [1.29, 1.82) is 0 Å². The number of benzene rings is 2. The average molecular weight is 792 g/mol. The normalized spacial score (nSPS) is 19.3. The highest BCUT2D eigenvalue weighted by Crippen LogP contribution is 2.51. The van der Waals surface area contributed by atoms with Crippen LogP contribution in [0.1, 0.15) is 63.1 Å². The Hall–Kier alpha value is -2.94. The Kier molecular flexibility index (Phi) is 13.0. The molecule has 0 aromatic heterocycles. The summed E-state index contributed by atoms with van der Waals surface area (Å²) in [6.07, 6.45) is 3.69. The Labute approximate surface area is 300 Å². The Bertz CT molecular complexity index is 2180. The van der Waals surface area contributed by atoms with E-state index in [4.69, 9.17) is 4.74 Å². The predicted molar refractivity (Wildman–Crippen MR) is 193 cm³/mol. The van der Waals surface area contributed by atoms with Gasteiger partial charge in [-0.3, -0.25) is 18.2 Å². The van der Waals surface area contributed by atoms with Crippen LogP contribution in [0.4, 0.5) is 5.69 Å². The van der Waals surface area contributed by atoms with Crippen LogP contribution in [0, 0.1) is 6.92 Å². The maximum absolute atomic E-state index is 12.1. The molecule has 2 unspecified atom stereocenters. The zero-order valence-electron chi connectivity index (χ0n) is 29.0. The van der Waals surface area contributed by atoms with Gasteiger partial charge in [0.05, 0.1) is 27.9 Å². The van der Waals surface area contributed by atoms with Crippen molar-refractivity contribution in [3.05, 3.63) is 88.7 Å². The molecule has 2 atom stereocenters. The molecule has 0 fully saturated rings. The molecule has 51 heavy (non-hydrogen) atoms. The molecule has 18 heteroatoms. The first kappa shape index (κ1) is 42.5. The van der Waals surface area contributed by atoms with E-state index in [1.165, 1.54) is 43.5 Å². The third kappa shape index (κ3) is 10.6. The van der Waals surface area contributed by atoms with Crippen LogP contribution in [0.15, 0.2) is 81.8 Å². The van der Waals surface area contributed by atoms with Crippen molar-refractivity contribution in [3.8, 4) is 0 Å². The van der Waals surface area contributed by atoms with E-state index in [1.807, 2.05) is 4.90 Å². The fraction of sp³-hybridized carbons (Fsp3) is 0.455. The number of hydrogen-bond acceptors (Lipinski definition) is 10. The summed E-state index contributed by atoms with van der Waals surface area (Å²) in [4.78, 5) is 1.15. The van der Waals surface area contributed by atoms with Crippen LogP contribution in [-0.2, 0) is 56.0 Å². The molecule has 4 N–H and O–H groups in total. The summed E-state index contributed by atoms with van der Waals surface area (Å²) in [5, 5.41) is 0. The maximum Gasteiger partial charge on any atom is 0.294 e. The van der Waals surface area contributed by atoms with Gasteiger partial charge in [-0.05, 0) is 111 Å². The number of fused-ring (bicyclic) bond motifs is 1. The molecule has 0 saturated carbocycles. The molecule has 1 aliphatic heterocycles. The monoisotopic (exact) mass is 791 g/mol. The number of aryl methyl sites for hydroxylation is 1. The second-order valence-electron chi connectivity index (χ2n) is 13.1. The van der Waals surface area contributed by atoms with Crippen LogP contribution in [0.5, 0.6) is 0 Å². The Morgan fingerprint density at radius 3 is 2.00 bits per heavy atom. The zero-order chi connectivity index (χ0) is 38.8. The molecule has 2 aromatic rings. The molecule has 3 rings (SSSR count). The molecule has 2 aromatic carbocycles. The van der Waals surface area contributed by atoms with Crippen molar-refractivity contribution in [2.75, 3.05) is 36.7 Å². The Balaban J connectivity index is 2.25. The molecule has 0 spiro atoms. The smallest absolute Gasteiger partial charge is 0.294 e. The van der Waals surface area contributed by atoms with Crippen LogP contribution in [0.3, 0.4) is 0 Å². The van der Waals surface area contributed by atoms with Crippen molar-refractivity contribution in [2.24, 2.45) is 0 Å². The molecule has 14 nitrogen and oxygen atoms in total. The Morgan fingerprint density at radius 2 is 1.45 bits per heavy atom. The van der Waals surface area contributed by atoms with Crippen LogP contribution in [0.25, 0.3) is 0 Å². The lowest BCUT2D eigenvalue weighted by molar-refractivity contribution is 0.206. The Morgan fingerprint density at radius 1 is 0.902 bits per heavy atom. The summed E-state index contributed by atoms with van der Waals surface area (Å²) < 4.78 is 139. The summed E-state index contributed by atoms with van der Waals surface area (Å²) in [5.74, 6) is -1.13. The fourth-order valence-corrected chi connectivity index (χ4v) is 8.61. The molecule has 1 aliphatic rings. The van der Waals surface area contributed by atoms with Gasteiger partial charge < -0.3 is 9.64 Å². The highest BCUT2D eigenvalue weighted by Gasteiger charge is 2.44. The molecule has 0 saturated heterocycles. The minimum Gasteiger partial charge on any atom is -0.383 e. The van der Waals surface area contributed by atoms with Crippen LogP contribution in [-0.4, -0.2) is 83.6 Å². The maximum atomic E-state index is 12.1. The fourth-order valence-electron chi connectivity index (χ4n) is 6.57. The van der Waals surface area contributed by atoms with Gasteiger partial charge in [-0.15, -0.1) is 0 Å². The number of anilines is 1. The largest absolute Gasteiger partial charge is 0.383 e. The third-order valence-electron chi connectivity index (χ3n) is 9.26. The zero-order valence-corrected chi connectivity index (χ0v) is 32.3. The summed E-state index contributed by atoms with van der Waals surface area (Å²) >= 11 is 0. The van der Waals surface area contributed by atoms with Crippen molar-refractivity contribution in [1.82, 2.24) is 0 Å². The summed E-state index contributed by atoms with van der Waals surface area (Å²) in [6.45, 7) is 11.8. The SMILES string of the molecule is C=C(/C=C(C)/C=C1/N(CCOC)c2ccc(S(=O)(=O)O)cc2C1(C)CCCS(=O)(=O)O)C(C)(CCCS(=O)(=O)O)c1cc(S(=O)(=O)O)ccc1C. The van der Waals surface area contributed by atoms with Gasteiger partial charge in [-0.2, -0.15) is 33.7 Å². The molecule has 1 heterocycles. The second kappa shape index (κ2) is 15.6. The second-order valence-corrected chi connectivity index (χ2v) is 19.1. The van der Waals surface area contributed by atoms with Crippen LogP contribution < -0.4 is 4.90 Å². The van der Waals surface area contributed by atoms with Gasteiger partial charge in [0.2, 0.25) is 0 Å². The summed E-state index contributed by atoms with van der Waals surface area (Å²) in [7, 11) is -16.4. The minimum absolute atomic E-state index is 0.00891. The highest BCUT2D eigenvalue weighted by atomic mass is 32.2. The van der Waals surface area contributed by atoms with Gasteiger partial charge in [-0.1, -0.05) is 25.6 Å². The van der Waals surface area contributed by atoms with Crippen LogP contribution >= 0.6 is 0 Å². The summed E-state index contributed by atoms with van der Waals surface area (Å²) in [6, 6.07) is 8.15. The first-order valence-electron chi connectivity index (χ1n) is 15.7. The molecule has 0 radical (unpaired) electrons. The number of methoxy groups -OCH3 is 1. The van der Waals surface area contributed by atoms with E-state index >= 15 is 0 Å². The van der Waals surface area contributed by atoms with E-state index in [0.717, 1.165) is 0 Å². The molecule has 284 valence electrons. The van der Waals surface area contributed by atoms with Crippen molar-refractivity contribution in [2.45, 2.75) is 74.0 Å². The molecular formula is C33H45NO13S4. The lowest BCUT2D eigenvalue weighted by Gasteiger charge is -2.34. The third-order valence-corrected chi connectivity index (χ3v) is 12.6. The standard InChI is InChI=1S/C33H45NO13S4/c1-23(19-25(3)32(4,13-7-17-48(35,36)37)28-21-26(50(41,42)43)10-9-24(28)2)20-31-33(5,14-8-18-49(38,39)40)29-22-27(51(44,45)46)11-12-30(29)34(31)15-16-47-6/h9-12,19-22H,3,7-8,13-18H2,1-2,4-6H3,(H,35,36,37)(H,38,39,40)(H,41,42,43)(H,44,45,46)/b23-19+,31-20+. The predicted octanol–water partition coefficient (Wildman–Crippen LogP) is 4.89. The topological polar surface area (TPSA) is 230 Å². The highest BCUT2D eigenvalue weighted by molar-refractivity contribution is 7.86. The summed E-state index contributed by atoms with van der Waals surface area (Å²) in [5.41, 5.74) is 1.58. The first-order chi connectivity index (χ1) is 23.2. The van der Waals surface area contributed by atoms with E-state index in [0.29, 0.717) is 39.2 Å².